The summed E-state index contributed by atoms with van der Waals surface area (Å²) < 4.78 is 3.80. The lowest BCUT2D eigenvalue weighted by Gasteiger charge is -2.53. The van der Waals surface area contributed by atoms with Crippen LogP contribution in [0.2, 0.25) is 10.0 Å². The molecule has 5 aliphatic rings. The first kappa shape index (κ1) is 36.0. The van der Waals surface area contributed by atoms with Crippen molar-refractivity contribution >= 4 is 46.5 Å². The van der Waals surface area contributed by atoms with Crippen molar-refractivity contribution in [2.75, 3.05) is 32.0 Å². The molecule has 0 radical (unpaired) electrons. The molecule has 2 aromatic carbocycles. The number of hydrogen-bond donors (Lipinski definition) is 2. The standard InChI is InChI=1S/C40H45Cl2N7O4/c1-46-18-10-30-28(21-46)43-35(47(30)2)32(50)20-24-6-4-7-25(33(24)41)26-8-5-9-27(34(26)42)45-37(51)36-44-29-22-49(19-11-31(29)48(36)3)23-39-12-15-40(16-13-39,17-14-39)38(52)53/h4-9H,10-23H2,1-3H3,(H,45,51)(H,52,53). The molecule has 0 spiro atoms. The van der Waals surface area contributed by atoms with Gasteiger partial charge in [0.1, 0.15) is 0 Å². The normalized spacial score (nSPS) is 22.7. The summed E-state index contributed by atoms with van der Waals surface area (Å²) in [5.74, 6) is -0.338. The van der Waals surface area contributed by atoms with Crippen molar-refractivity contribution in [1.29, 1.82) is 0 Å². The lowest BCUT2D eigenvalue weighted by atomic mass is 9.53. The van der Waals surface area contributed by atoms with Crippen molar-refractivity contribution in [3.63, 3.8) is 0 Å². The summed E-state index contributed by atoms with van der Waals surface area (Å²) in [4.78, 5) is 53.4. The number of fused-ring (bicyclic) bond motifs is 5. The third kappa shape index (κ3) is 6.39. The molecule has 53 heavy (non-hydrogen) atoms. The number of likely N-dealkylation sites (N-methyl/N-ethyl adjacent to an activating group) is 1. The van der Waals surface area contributed by atoms with Crippen LogP contribution >= 0.6 is 23.2 Å². The highest BCUT2D eigenvalue weighted by atomic mass is 35.5. The fraction of sp³-hybridized carbons (Fsp3) is 0.475. The highest BCUT2D eigenvalue weighted by Gasteiger charge is 2.53. The summed E-state index contributed by atoms with van der Waals surface area (Å²) in [7, 11) is 5.83. The lowest BCUT2D eigenvalue weighted by molar-refractivity contribution is -0.159. The largest absolute Gasteiger partial charge is 0.481 e. The maximum atomic E-state index is 13.7. The van der Waals surface area contributed by atoms with Crippen molar-refractivity contribution < 1.29 is 19.5 Å². The number of Topliss-reactive ketones (excluding diaryl/α,β-unsaturated/α-hetero) is 1. The zero-order valence-corrected chi connectivity index (χ0v) is 32.0. The molecule has 4 aromatic rings. The summed E-state index contributed by atoms with van der Waals surface area (Å²) in [5.41, 5.74) is 6.06. The van der Waals surface area contributed by atoms with E-state index in [0.29, 0.717) is 50.6 Å². The number of carbonyl (C=O) groups excluding carboxylic acids is 2. The van der Waals surface area contributed by atoms with Crippen LogP contribution in [0, 0.1) is 10.8 Å². The van der Waals surface area contributed by atoms with Crippen molar-refractivity contribution in [3.05, 3.63) is 86.4 Å². The summed E-state index contributed by atoms with van der Waals surface area (Å²) >= 11 is 14.0. The molecule has 13 heteroatoms. The number of nitrogens with one attached hydrogen (secondary N) is 1. The van der Waals surface area contributed by atoms with Crippen molar-refractivity contribution in [2.24, 2.45) is 24.9 Å². The van der Waals surface area contributed by atoms with Gasteiger partial charge in [-0.1, -0.05) is 53.5 Å². The number of halogens is 2. The number of ketones is 1. The molecule has 0 unspecified atom stereocenters. The smallest absolute Gasteiger partial charge is 0.309 e. The van der Waals surface area contributed by atoms with Crippen molar-refractivity contribution in [1.82, 2.24) is 28.9 Å². The van der Waals surface area contributed by atoms with E-state index in [-0.39, 0.29) is 23.5 Å². The van der Waals surface area contributed by atoms with Gasteiger partial charge >= 0.3 is 5.97 Å². The molecule has 4 heterocycles. The van der Waals surface area contributed by atoms with E-state index >= 15 is 0 Å². The van der Waals surface area contributed by atoms with Gasteiger partial charge < -0.3 is 24.5 Å². The molecular weight excluding hydrogens is 713 g/mol. The first-order valence-corrected chi connectivity index (χ1v) is 19.3. The molecule has 0 saturated heterocycles. The molecule has 0 atom stereocenters. The SMILES string of the molecule is CN1CCc2c(nc(C(=O)Cc3cccc(-c4cccc(NC(=O)c5nc6c(n5C)CCN(CC57CCC(C(=O)O)(CC5)CC7)C6)c4Cl)c3Cl)n2C)C1. The number of nitrogens with zero attached hydrogens (tertiary/aromatic N) is 6. The predicted octanol–water partition coefficient (Wildman–Crippen LogP) is 6.58. The van der Waals surface area contributed by atoms with Crippen LogP contribution in [-0.2, 0) is 51.2 Å². The fourth-order valence-corrected chi connectivity index (χ4v) is 9.88. The van der Waals surface area contributed by atoms with Crippen LogP contribution in [-0.4, -0.2) is 78.4 Å². The molecule has 9 rings (SSSR count). The second kappa shape index (κ2) is 13.7. The van der Waals surface area contributed by atoms with E-state index in [1.807, 2.05) is 53.6 Å². The van der Waals surface area contributed by atoms with Crippen LogP contribution in [0.5, 0.6) is 0 Å². The van der Waals surface area contributed by atoms with E-state index < -0.39 is 11.4 Å². The van der Waals surface area contributed by atoms with Gasteiger partial charge in [-0.05, 0) is 62.6 Å². The molecule has 3 fully saturated rings. The Hall–Kier alpha value is -4.03. The molecule has 2 bridgehead atoms. The van der Waals surface area contributed by atoms with Crippen molar-refractivity contribution in [2.45, 2.75) is 70.9 Å². The highest BCUT2D eigenvalue weighted by molar-refractivity contribution is 6.39. The molecule has 2 aliphatic heterocycles. The van der Waals surface area contributed by atoms with Crippen LogP contribution in [0.3, 0.4) is 0 Å². The number of carboxylic acid groups (broad SMARTS) is 1. The predicted molar refractivity (Wildman–Crippen MR) is 204 cm³/mol. The molecule has 11 nitrogen and oxygen atoms in total. The van der Waals surface area contributed by atoms with E-state index in [9.17, 15) is 19.5 Å². The molecule has 2 aromatic heterocycles. The van der Waals surface area contributed by atoms with Crippen LogP contribution in [0.1, 0.15) is 88.1 Å². The Kier molecular flexibility index (Phi) is 9.28. The third-order valence-corrected chi connectivity index (χ3v) is 13.5. The van der Waals surface area contributed by atoms with E-state index in [2.05, 4.69) is 22.2 Å². The van der Waals surface area contributed by atoms with E-state index in [0.717, 1.165) is 100 Å². The second-order valence-corrected chi connectivity index (χ2v) is 16.6. The zero-order valence-electron chi connectivity index (χ0n) is 30.5. The van der Waals surface area contributed by atoms with E-state index in [4.69, 9.17) is 33.2 Å². The molecule has 278 valence electrons. The molecule has 1 amide bonds. The Morgan fingerprint density at radius 1 is 0.792 bits per heavy atom. The quantitative estimate of drug-likeness (QED) is 0.184. The second-order valence-electron chi connectivity index (χ2n) is 15.8. The lowest BCUT2D eigenvalue weighted by Crippen LogP contribution is -2.51. The van der Waals surface area contributed by atoms with E-state index in [1.54, 1.807) is 6.07 Å². The minimum Gasteiger partial charge on any atom is -0.481 e. The van der Waals surface area contributed by atoms with Gasteiger partial charge in [-0.3, -0.25) is 19.3 Å². The average Bonchev–Trinajstić information content (AvgIpc) is 3.65. The van der Waals surface area contributed by atoms with Crippen LogP contribution in [0.4, 0.5) is 5.69 Å². The number of rotatable bonds is 9. The van der Waals surface area contributed by atoms with Crippen LogP contribution in [0.25, 0.3) is 11.1 Å². The number of aromatic nitrogens is 4. The maximum absolute atomic E-state index is 13.7. The van der Waals surface area contributed by atoms with Gasteiger partial charge in [0, 0.05) is 88.6 Å². The number of carboxylic acids is 1. The van der Waals surface area contributed by atoms with Crippen LogP contribution < -0.4 is 5.32 Å². The Labute approximate surface area is 319 Å². The summed E-state index contributed by atoms with van der Waals surface area (Å²) in [6.07, 6.45) is 6.89. The van der Waals surface area contributed by atoms with Gasteiger partial charge in [-0.15, -0.1) is 0 Å². The van der Waals surface area contributed by atoms with Gasteiger partial charge in [0.15, 0.2) is 11.6 Å². The summed E-state index contributed by atoms with van der Waals surface area (Å²) in [5, 5.41) is 13.6. The molecule has 3 aliphatic carbocycles. The van der Waals surface area contributed by atoms with Crippen molar-refractivity contribution in [3.8, 4) is 11.1 Å². The number of hydrogen-bond acceptors (Lipinski definition) is 7. The van der Waals surface area contributed by atoms with Gasteiger partial charge in [0.05, 0.1) is 32.5 Å². The minimum atomic E-state index is -0.630. The van der Waals surface area contributed by atoms with Crippen LogP contribution in [0.15, 0.2) is 36.4 Å². The number of anilines is 1. The van der Waals surface area contributed by atoms with Gasteiger partial charge in [0.2, 0.25) is 5.78 Å². The number of aliphatic carboxylic acids is 1. The summed E-state index contributed by atoms with van der Waals surface area (Å²) in [6, 6.07) is 11.0. The molecule has 3 saturated carbocycles. The van der Waals surface area contributed by atoms with Gasteiger partial charge in [-0.25, -0.2) is 9.97 Å². The monoisotopic (exact) mass is 757 g/mol. The number of carbonyl (C=O) groups is 3. The number of benzene rings is 2. The highest BCUT2D eigenvalue weighted by Crippen LogP contribution is 2.57. The first-order valence-electron chi connectivity index (χ1n) is 18.5. The Balaban J connectivity index is 0.963. The Morgan fingerprint density at radius 2 is 1.40 bits per heavy atom. The number of imidazole rings is 2. The Bertz CT molecular complexity index is 2130. The first-order chi connectivity index (χ1) is 25.4. The van der Waals surface area contributed by atoms with Gasteiger partial charge in [0.25, 0.3) is 5.91 Å². The minimum absolute atomic E-state index is 0.0912. The van der Waals surface area contributed by atoms with Gasteiger partial charge in [-0.2, -0.15) is 0 Å². The maximum Gasteiger partial charge on any atom is 0.309 e. The molecular formula is C40H45Cl2N7O4. The average molecular weight is 759 g/mol. The molecule has 2 N–H and O–H groups in total. The summed E-state index contributed by atoms with van der Waals surface area (Å²) in [6.45, 7) is 4.12. The third-order valence-electron chi connectivity index (χ3n) is 12.6. The fourth-order valence-electron chi connectivity index (χ4n) is 9.32. The number of amides is 1. The van der Waals surface area contributed by atoms with E-state index in [1.165, 1.54) is 0 Å². The zero-order chi connectivity index (χ0) is 37.2. The topological polar surface area (TPSA) is 126 Å². The Morgan fingerprint density at radius 3 is 2.09 bits per heavy atom.